The van der Waals surface area contributed by atoms with Crippen LogP contribution in [0.3, 0.4) is 0 Å². The summed E-state index contributed by atoms with van der Waals surface area (Å²) in [7, 11) is 0. The van der Waals surface area contributed by atoms with E-state index in [0.29, 0.717) is 5.82 Å². The number of tetrazole rings is 1. The fraction of sp³-hybridized carbons (Fsp3) is 0.129. The second-order valence-electron chi connectivity index (χ2n) is 9.64. The lowest BCUT2D eigenvalue weighted by Crippen LogP contribution is -2.05. The van der Waals surface area contributed by atoms with E-state index >= 15 is 0 Å². The van der Waals surface area contributed by atoms with Crippen LogP contribution in [-0.2, 0) is 13.0 Å². The van der Waals surface area contributed by atoms with Crippen molar-refractivity contribution in [2.24, 2.45) is 0 Å². The Hall–Kier alpha value is -5.11. The number of aromatic nitrogens is 8. The van der Waals surface area contributed by atoms with Crippen molar-refractivity contribution in [3.05, 3.63) is 109 Å². The van der Waals surface area contributed by atoms with Gasteiger partial charge in [0.25, 0.3) is 0 Å². The standard InChI is InChI=1S/C31H26N8/c1-2-7-30-32-26-16-15-23(27-20-38-17-6-5-10-29(38)33-27)18-28(26)39(30)19-21-11-13-22(14-12-21)24-8-3-4-9-25(24)31-34-36-37-35-31/h3-6,8-18,20H,2,7,19H2,1H3,(H,34,35,36,37). The maximum Gasteiger partial charge on any atom is 0.205 e. The van der Waals surface area contributed by atoms with E-state index in [9.17, 15) is 0 Å². The SMILES string of the molecule is CCCc1nc2ccc(-c3cn4ccccc4n3)cc2n1Cc1ccc(-c2ccccc2-c2nn[nH]n2)cc1. The topological polar surface area (TPSA) is 89.6 Å². The minimum atomic E-state index is 0.588. The maximum atomic E-state index is 5.00. The Kier molecular flexibility index (Phi) is 5.70. The molecule has 4 aromatic heterocycles. The van der Waals surface area contributed by atoms with Gasteiger partial charge in [-0.3, -0.25) is 0 Å². The number of hydrogen-bond donors (Lipinski definition) is 1. The summed E-state index contributed by atoms with van der Waals surface area (Å²) in [5, 5.41) is 14.6. The van der Waals surface area contributed by atoms with Crippen LogP contribution in [0.15, 0.2) is 97.3 Å². The maximum absolute atomic E-state index is 5.00. The van der Waals surface area contributed by atoms with Gasteiger partial charge >= 0.3 is 0 Å². The third-order valence-corrected chi connectivity index (χ3v) is 7.08. The van der Waals surface area contributed by atoms with Gasteiger partial charge in [0.15, 0.2) is 0 Å². The molecule has 0 radical (unpaired) electrons. The van der Waals surface area contributed by atoms with Crippen molar-refractivity contribution in [3.8, 4) is 33.8 Å². The van der Waals surface area contributed by atoms with E-state index in [4.69, 9.17) is 9.97 Å². The lowest BCUT2D eigenvalue weighted by Gasteiger charge is -2.11. The number of hydrogen-bond acceptors (Lipinski definition) is 5. The second kappa shape index (κ2) is 9.64. The number of aromatic amines is 1. The fourth-order valence-electron chi connectivity index (χ4n) is 5.17. The lowest BCUT2D eigenvalue weighted by atomic mass is 9.98. The summed E-state index contributed by atoms with van der Waals surface area (Å²) < 4.78 is 4.40. The molecule has 1 N–H and O–H groups in total. The number of pyridine rings is 1. The smallest absolute Gasteiger partial charge is 0.205 e. The number of imidazole rings is 2. The summed E-state index contributed by atoms with van der Waals surface area (Å²) in [6.45, 7) is 2.94. The van der Waals surface area contributed by atoms with Gasteiger partial charge in [-0.25, -0.2) is 9.97 Å². The molecular formula is C31H26N8. The molecule has 8 nitrogen and oxygen atoms in total. The van der Waals surface area contributed by atoms with E-state index in [0.717, 1.165) is 69.8 Å². The van der Waals surface area contributed by atoms with Gasteiger partial charge < -0.3 is 8.97 Å². The number of aryl methyl sites for hydroxylation is 1. The molecule has 190 valence electrons. The van der Waals surface area contributed by atoms with Crippen LogP contribution in [0.1, 0.15) is 24.7 Å². The predicted octanol–water partition coefficient (Wildman–Crippen LogP) is 6.20. The molecule has 7 aromatic rings. The minimum Gasteiger partial charge on any atom is -0.323 e. The normalized spacial score (nSPS) is 11.5. The Morgan fingerprint density at radius 2 is 1.64 bits per heavy atom. The summed E-state index contributed by atoms with van der Waals surface area (Å²) in [6, 6.07) is 29.3. The molecule has 0 unspecified atom stereocenters. The zero-order valence-corrected chi connectivity index (χ0v) is 21.5. The number of rotatable bonds is 7. The first-order valence-corrected chi connectivity index (χ1v) is 13.1. The number of nitrogens with one attached hydrogen (secondary N) is 1. The van der Waals surface area contributed by atoms with Crippen molar-refractivity contribution >= 4 is 16.7 Å². The van der Waals surface area contributed by atoms with Gasteiger partial charge in [0.2, 0.25) is 5.82 Å². The Labute approximate surface area is 225 Å². The highest BCUT2D eigenvalue weighted by Crippen LogP contribution is 2.31. The molecule has 8 heteroatoms. The molecular weight excluding hydrogens is 484 g/mol. The molecule has 3 aromatic carbocycles. The van der Waals surface area contributed by atoms with Gasteiger partial charge in [-0.15, -0.1) is 10.2 Å². The Bertz CT molecular complexity index is 1860. The lowest BCUT2D eigenvalue weighted by molar-refractivity contribution is 0.722. The summed E-state index contributed by atoms with van der Waals surface area (Å²) in [6.07, 6.45) is 6.07. The predicted molar refractivity (Wildman–Crippen MR) is 152 cm³/mol. The first-order chi connectivity index (χ1) is 19.3. The Morgan fingerprint density at radius 3 is 2.44 bits per heavy atom. The van der Waals surface area contributed by atoms with Gasteiger partial charge in [0, 0.05) is 36.5 Å². The van der Waals surface area contributed by atoms with E-state index in [1.54, 1.807) is 0 Å². The van der Waals surface area contributed by atoms with E-state index in [1.165, 1.54) is 5.56 Å². The van der Waals surface area contributed by atoms with Crippen molar-refractivity contribution in [3.63, 3.8) is 0 Å². The third-order valence-electron chi connectivity index (χ3n) is 7.08. The molecule has 39 heavy (non-hydrogen) atoms. The molecule has 0 aliphatic rings. The summed E-state index contributed by atoms with van der Waals surface area (Å²) in [5.74, 6) is 1.69. The average molecular weight is 511 g/mol. The van der Waals surface area contributed by atoms with E-state index in [2.05, 4.69) is 91.2 Å². The van der Waals surface area contributed by atoms with E-state index in [1.807, 2.05) is 42.6 Å². The summed E-state index contributed by atoms with van der Waals surface area (Å²) in [5.41, 5.74) is 9.46. The van der Waals surface area contributed by atoms with E-state index in [-0.39, 0.29) is 0 Å². The first kappa shape index (κ1) is 23.0. The zero-order chi connectivity index (χ0) is 26.2. The van der Waals surface area contributed by atoms with Crippen LogP contribution in [-0.4, -0.2) is 39.6 Å². The molecule has 0 saturated heterocycles. The third kappa shape index (κ3) is 4.25. The minimum absolute atomic E-state index is 0.588. The van der Waals surface area contributed by atoms with Crippen molar-refractivity contribution in [1.82, 2.24) is 39.6 Å². The van der Waals surface area contributed by atoms with Crippen LogP contribution in [0.5, 0.6) is 0 Å². The van der Waals surface area contributed by atoms with Crippen LogP contribution < -0.4 is 0 Å². The molecule has 0 aliphatic carbocycles. The molecule has 0 bridgehead atoms. The van der Waals surface area contributed by atoms with Crippen LogP contribution in [0.25, 0.3) is 50.5 Å². The highest BCUT2D eigenvalue weighted by Gasteiger charge is 2.14. The quantitative estimate of drug-likeness (QED) is 0.276. The highest BCUT2D eigenvalue weighted by molar-refractivity contribution is 5.83. The highest BCUT2D eigenvalue weighted by atomic mass is 15.5. The number of H-pyrrole nitrogens is 1. The van der Waals surface area contributed by atoms with Crippen LogP contribution >= 0.6 is 0 Å². The van der Waals surface area contributed by atoms with Gasteiger partial charge in [-0.1, -0.05) is 67.6 Å². The van der Waals surface area contributed by atoms with Crippen LogP contribution in [0.2, 0.25) is 0 Å². The first-order valence-electron chi connectivity index (χ1n) is 13.1. The van der Waals surface area contributed by atoms with Crippen molar-refractivity contribution in [2.75, 3.05) is 0 Å². The Morgan fingerprint density at radius 1 is 0.821 bits per heavy atom. The molecule has 0 fully saturated rings. The molecule has 4 heterocycles. The average Bonchev–Trinajstić information content (AvgIpc) is 3.73. The van der Waals surface area contributed by atoms with Gasteiger partial charge in [-0.2, -0.15) is 5.21 Å². The second-order valence-corrected chi connectivity index (χ2v) is 9.64. The molecule has 0 spiro atoms. The molecule has 0 atom stereocenters. The van der Waals surface area contributed by atoms with Gasteiger partial charge in [0.1, 0.15) is 11.5 Å². The monoisotopic (exact) mass is 510 g/mol. The molecule has 0 amide bonds. The van der Waals surface area contributed by atoms with Crippen molar-refractivity contribution in [1.29, 1.82) is 0 Å². The molecule has 7 rings (SSSR count). The zero-order valence-electron chi connectivity index (χ0n) is 21.5. The Balaban J connectivity index is 1.24. The van der Waals surface area contributed by atoms with E-state index < -0.39 is 0 Å². The van der Waals surface area contributed by atoms with Gasteiger partial charge in [-0.05, 0) is 52.6 Å². The number of benzene rings is 3. The largest absolute Gasteiger partial charge is 0.323 e. The van der Waals surface area contributed by atoms with Crippen LogP contribution in [0.4, 0.5) is 0 Å². The van der Waals surface area contributed by atoms with Crippen LogP contribution in [0, 0.1) is 0 Å². The van der Waals surface area contributed by atoms with Crippen molar-refractivity contribution < 1.29 is 0 Å². The fourth-order valence-corrected chi connectivity index (χ4v) is 5.17. The van der Waals surface area contributed by atoms with Gasteiger partial charge in [0.05, 0.1) is 16.7 Å². The number of fused-ring (bicyclic) bond motifs is 2. The van der Waals surface area contributed by atoms with Crippen molar-refractivity contribution in [2.45, 2.75) is 26.3 Å². The molecule has 0 saturated carbocycles. The summed E-state index contributed by atoms with van der Waals surface area (Å²) in [4.78, 5) is 9.83. The summed E-state index contributed by atoms with van der Waals surface area (Å²) >= 11 is 0. The number of nitrogens with zero attached hydrogens (tertiary/aromatic N) is 7. The molecule has 0 aliphatic heterocycles.